The highest BCUT2D eigenvalue weighted by Crippen LogP contribution is 2.38. The van der Waals surface area contributed by atoms with Crippen LogP contribution in [0.1, 0.15) is 22.9 Å². The number of benzene rings is 2. The van der Waals surface area contributed by atoms with Crippen molar-refractivity contribution in [1.82, 2.24) is 0 Å². The molecule has 0 saturated carbocycles. The molecule has 0 fully saturated rings. The lowest BCUT2D eigenvalue weighted by atomic mass is 10.0. The molecule has 0 radical (unpaired) electrons. The van der Waals surface area contributed by atoms with E-state index in [1.165, 1.54) is 17.0 Å². The van der Waals surface area contributed by atoms with Crippen molar-refractivity contribution in [2.75, 3.05) is 5.01 Å². The Kier molecular flexibility index (Phi) is 4.08. The predicted molar refractivity (Wildman–Crippen MR) is 98.5 cm³/mol. The van der Waals surface area contributed by atoms with Crippen LogP contribution in [0.3, 0.4) is 0 Å². The summed E-state index contributed by atoms with van der Waals surface area (Å²) in [7, 11) is 0. The van der Waals surface area contributed by atoms with Crippen LogP contribution < -0.4 is 5.01 Å². The van der Waals surface area contributed by atoms with Crippen LogP contribution >= 0.6 is 22.9 Å². The topological polar surface area (TPSA) is 15.6 Å². The molecule has 4 rings (SSSR count). The molecule has 0 N–H and O–H groups in total. The van der Waals surface area contributed by atoms with Crippen molar-refractivity contribution in [1.29, 1.82) is 0 Å². The zero-order valence-corrected chi connectivity index (χ0v) is 14.3. The van der Waals surface area contributed by atoms with Crippen LogP contribution in [0.25, 0.3) is 0 Å². The first-order chi connectivity index (χ1) is 11.7. The number of hydrogen-bond donors (Lipinski definition) is 0. The van der Waals surface area contributed by atoms with Crippen molar-refractivity contribution in [2.45, 2.75) is 12.5 Å². The molecule has 0 spiro atoms. The summed E-state index contributed by atoms with van der Waals surface area (Å²) in [5.74, 6) is -0.235. The lowest BCUT2D eigenvalue weighted by Crippen LogP contribution is -2.17. The molecule has 1 atom stereocenters. The van der Waals surface area contributed by atoms with Crippen LogP contribution in [0.15, 0.2) is 71.1 Å². The van der Waals surface area contributed by atoms with Crippen LogP contribution in [-0.4, -0.2) is 5.71 Å². The van der Waals surface area contributed by atoms with E-state index in [9.17, 15) is 4.39 Å². The van der Waals surface area contributed by atoms with Gasteiger partial charge in [-0.3, -0.25) is 5.01 Å². The van der Waals surface area contributed by atoms with Gasteiger partial charge >= 0.3 is 0 Å². The third-order valence-electron chi connectivity index (χ3n) is 4.05. The molecule has 1 aliphatic heterocycles. The van der Waals surface area contributed by atoms with Gasteiger partial charge < -0.3 is 0 Å². The summed E-state index contributed by atoms with van der Waals surface area (Å²) in [5.41, 5.74) is 2.91. The van der Waals surface area contributed by atoms with Gasteiger partial charge in [0, 0.05) is 16.3 Å². The lowest BCUT2D eigenvalue weighted by molar-refractivity contribution is 0.627. The maximum atomic E-state index is 13.2. The van der Waals surface area contributed by atoms with E-state index in [2.05, 4.69) is 17.5 Å². The van der Waals surface area contributed by atoms with E-state index in [1.54, 1.807) is 23.5 Å². The van der Waals surface area contributed by atoms with Crippen molar-refractivity contribution < 1.29 is 4.39 Å². The molecule has 0 bridgehead atoms. The van der Waals surface area contributed by atoms with Crippen molar-refractivity contribution in [3.8, 4) is 0 Å². The maximum Gasteiger partial charge on any atom is 0.123 e. The highest BCUT2D eigenvalue weighted by atomic mass is 35.5. The van der Waals surface area contributed by atoms with Gasteiger partial charge in [0.05, 0.1) is 17.4 Å². The van der Waals surface area contributed by atoms with Gasteiger partial charge in [0.15, 0.2) is 0 Å². The van der Waals surface area contributed by atoms with Gasteiger partial charge in [-0.25, -0.2) is 4.39 Å². The first kappa shape index (κ1) is 15.4. The van der Waals surface area contributed by atoms with Gasteiger partial charge in [0.2, 0.25) is 0 Å². The van der Waals surface area contributed by atoms with Crippen LogP contribution in [0.5, 0.6) is 0 Å². The number of halogens is 2. The average Bonchev–Trinajstić information content (AvgIpc) is 3.25. The Bertz CT molecular complexity index is 857. The zero-order chi connectivity index (χ0) is 16.5. The van der Waals surface area contributed by atoms with E-state index in [4.69, 9.17) is 16.7 Å². The van der Waals surface area contributed by atoms with E-state index in [1.807, 2.05) is 29.3 Å². The van der Waals surface area contributed by atoms with Gasteiger partial charge in [-0.1, -0.05) is 29.8 Å². The summed E-state index contributed by atoms with van der Waals surface area (Å²) < 4.78 is 13.2. The minimum absolute atomic E-state index is 0.145. The van der Waals surface area contributed by atoms with Crippen LogP contribution in [-0.2, 0) is 0 Å². The fourth-order valence-corrected chi connectivity index (χ4v) is 3.80. The lowest BCUT2D eigenvalue weighted by Gasteiger charge is -2.22. The summed E-state index contributed by atoms with van der Waals surface area (Å²) in [6, 6.07) is 18.5. The number of hydrogen-bond acceptors (Lipinski definition) is 3. The largest absolute Gasteiger partial charge is 0.257 e. The number of hydrazone groups is 1. The molecule has 1 aliphatic rings. The SMILES string of the molecule is Fc1ccc(C2=NN(c3ccc(Cl)cc3)[C@H](c3cccs3)C2)cc1. The molecule has 2 heterocycles. The third-order valence-corrected chi connectivity index (χ3v) is 5.28. The molecule has 0 saturated heterocycles. The maximum absolute atomic E-state index is 13.2. The Morgan fingerprint density at radius 3 is 2.46 bits per heavy atom. The highest BCUT2D eigenvalue weighted by molar-refractivity contribution is 7.10. The van der Waals surface area contributed by atoms with Crippen molar-refractivity contribution in [3.05, 3.63) is 87.3 Å². The fourth-order valence-electron chi connectivity index (χ4n) is 2.86. The Morgan fingerprint density at radius 1 is 1.04 bits per heavy atom. The first-order valence-corrected chi connectivity index (χ1v) is 8.88. The Labute approximate surface area is 148 Å². The molecular weight excluding hydrogens is 343 g/mol. The quantitative estimate of drug-likeness (QED) is 0.570. The molecule has 1 aromatic heterocycles. The summed E-state index contributed by atoms with van der Waals surface area (Å²) in [6.45, 7) is 0. The molecule has 5 heteroatoms. The Hall–Kier alpha value is -2.17. The standard InChI is InChI=1S/C19H14ClFN2S/c20-14-5-9-16(10-6-14)23-18(19-2-1-11-24-19)12-17(22-23)13-3-7-15(21)8-4-13/h1-11,18H,12H2/t18-/m0/s1. The molecule has 0 amide bonds. The van der Waals surface area contributed by atoms with Crippen LogP contribution in [0.2, 0.25) is 5.02 Å². The number of rotatable bonds is 3. The molecular formula is C19H14ClFN2S. The van der Waals surface area contributed by atoms with Gasteiger partial charge in [0.1, 0.15) is 5.82 Å². The monoisotopic (exact) mass is 356 g/mol. The highest BCUT2D eigenvalue weighted by Gasteiger charge is 2.30. The summed E-state index contributed by atoms with van der Waals surface area (Å²) in [4.78, 5) is 1.26. The van der Waals surface area contributed by atoms with E-state index < -0.39 is 0 Å². The second kappa shape index (κ2) is 6.38. The predicted octanol–water partition coefficient (Wildman–Crippen LogP) is 5.90. The number of thiophene rings is 1. The van der Waals surface area contributed by atoms with E-state index in [0.717, 1.165) is 23.4 Å². The van der Waals surface area contributed by atoms with E-state index in [0.29, 0.717) is 5.02 Å². The minimum atomic E-state index is -0.235. The van der Waals surface area contributed by atoms with Gasteiger partial charge in [-0.2, -0.15) is 5.10 Å². The minimum Gasteiger partial charge on any atom is -0.257 e. The second-order valence-electron chi connectivity index (χ2n) is 5.61. The second-order valence-corrected chi connectivity index (χ2v) is 7.03. The van der Waals surface area contributed by atoms with E-state index >= 15 is 0 Å². The molecule has 24 heavy (non-hydrogen) atoms. The van der Waals surface area contributed by atoms with Crippen LogP contribution in [0, 0.1) is 5.82 Å². The van der Waals surface area contributed by atoms with Crippen molar-refractivity contribution >= 4 is 34.3 Å². The molecule has 3 aromatic rings. The average molecular weight is 357 g/mol. The van der Waals surface area contributed by atoms with Crippen LogP contribution in [0.4, 0.5) is 10.1 Å². The summed E-state index contributed by atoms with van der Waals surface area (Å²) in [6.07, 6.45) is 0.786. The Morgan fingerprint density at radius 2 is 1.79 bits per heavy atom. The molecule has 0 unspecified atom stereocenters. The molecule has 2 aromatic carbocycles. The number of anilines is 1. The normalized spacial score (nSPS) is 17.2. The Balaban J connectivity index is 1.73. The summed E-state index contributed by atoms with van der Waals surface area (Å²) >= 11 is 7.73. The zero-order valence-electron chi connectivity index (χ0n) is 12.7. The molecule has 120 valence electrons. The third kappa shape index (κ3) is 2.95. The molecule has 0 aliphatic carbocycles. The van der Waals surface area contributed by atoms with Crippen molar-refractivity contribution in [3.63, 3.8) is 0 Å². The smallest absolute Gasteiger partial charge is 0.123 e. The van der Waals surface area contributed by atoms with Gasteiger partial charge in [-0.05, 0) is 53.4 Å². The summed E-state index contributed by atoms with van der Waals surface area (Å²) in [5, 5.41) is 9.62. The van der Waals surface area contributed by atoms with Gasteiger partial charge in [0.25, 0.3) is 0 Å². The van der Waals surface area contributed by atoms with E-state index in [-0.39, 0.29) is 11.9 Å². The number of nitrogens with zero attached hydrogens (tertiary/aromatic N) is 2. The first-order valence-electron chi connectivity index (χ1n) is 7.62. The van der Waals surface area contributed by atoms with Crippen molar-refractivity contribution in [2.24, 2.45) is 5.10 Å². The van der Waals surface area contributed by atoms with Gasteiger partial charge in [-0.15, -0.1) is 11.3 Å². The molecule has 2 nitrogen and oxygen atoms in total. The fraction of sp³-hybridized carbons (Fsp3) is 0.105.